The lowest BCUT2D eigenvalue weighted by molar-refractivity contribution is -0.136. The molecule has 0 bridgehead atoms. The highest BCUT2D eigenvalue weighted by Gasteiger charge is 2.16. The standard InChI is InChI=1S/C18H19FN2O3/c1-12-15(19)8-5-9-16(12)21-18(24)17(23)20-11-14(22)10-13-6-3-2-4-7-13/h2-9,14,22H,10-11H2,1H3,(H,20,23)(H,21,24). The normalized spacial score (nSPS) is 11.6. The zero-order valence-corrected chi connectivity index (χ0v) is 13.3. The molecule has 24 heavy (non-hydrogen) atoms. The fourth-order valence-electron chi connectivity index (χ4n) is 2.17. The Balaban J connectivity index is 1.83. The van der Waals surface area contributed by atoms with Gasteiger partial charge >= 0.3 is 11.8 Å². The van der Waals surface area contributed by atoms with Crippen molar-refractivity contribution in [3.05, 3.63) is 65.5 Å². The van der Waals surface area contributed by atoms with Crippen molar-refractivity contribution in [2.24, 2.45) is 0 Å². The molecule has 0 aliphatic rings. The van der Waals surface area contributed by atoms with E-state index < -0.39 is 23.7 Å². The van der Waals surface area contributed by atoms with Gasteiger partial charge in [0, 0.05) is 24.2 Å². The molecule has 0 aliphatic carbocycles. The molecule has 0 spiro atoms. The SMILES string of the molecule is Cc1c(F)cccc1NC(=O)C(=O)NCC(O)Cc1ccccc1. The van der Waals surface area contributed by atoms with E-state index >= 15 is 0 Å². The molecule has 5 nitrogen and oxygen atoms in total. The second-order valence-corrected chi connectivity index (χ2v) is 5.42. The highest BCUT2D eigenvalue weighted by Crippen LogP contribution is 2.17. The van der Waals surface area contributed by atoms with Crippen LogP contribution in [0.1, 0.15) is 11.1 Å². The highest BCUT2D eigenvalue weighted by molar-refractivity contribution is 6.39. The van der Waals surface area contributed by atoms with Crippen LogP contribution in [-0.2, 0) is 16.0 Å². The number of aliphatic hydroxyl groups is 1. The van der Waals surface area contributed by atoms with E-state index in [2.05, 4.69) is 10.6 Å². The van der Waals surface area contributed by atoms with Crippen LogP contribution >= 0.6 is 0 Å². The van der Waals surface area contributed by atoms with E-state index in [-0.39, 0.29) is 17.8 Å². The maximum absolute atomic E-state index is 13.4. The first-order valence-corrected chi connectivity index (χ1v) is 7.53. The van der Waals surface area contributed by atoms with E-state index in [1.165, 1.54) is 25.1 Å². The number of anilines is 1. The number of amides is 2. The molecule has 1 atom stereocenters. The van der Waals surface area contributed by atoms with Gasteiger partial charge in [0.05, 0.1) is 6.10 Å². The van der Waals surface area contributed by atoms with Crippen molar-refractivity contribution in [2.75, 3.05) is 11.9 Å². The molecule has 1 unspecified atom stereocenters. The van der Waals surface area contributed by atoms with Crippen molar-refractivity contribution >= 4 is 17.5 Å². The first-order valence-electron chi connectivity index (χ1n) is 7.53. The van der Waals surface area contributed by atoms with Gasteiger partial charge in [-0.3, -0.25) is 9.59 Å². The molecule has 0 fully saturated rings. The van der Waals surface area contributed by atoms with Crippen molar-refractivity contribution in [3.8, 4) is 0 Å². The monoisotopic (exact) mass is 330 g/mol. The summed E-state index contributed by atoms with van der Waals surface area (Å²) in [5.41, 5.74) is 1.42. The quantitative estimate of drug-likeness (QED) is 0.732. The maximum atomic E-state index is 13.4. The average molecular weight is 330 g/mol. The Hall–Kier alpha value is -2.73. The van der Waals surface area contributed by atoms with Gasteiger partial charge in [-0.25, -0.2) is 4.39 Å². The molecule has 0 saturated carbocycles. The number of aliphatic hydroxyl groups excluding tert-OH is 1. The minimum absolute atomic E-state index is 0.0523. The summed E-state index contributed by atoms with van der Waals surface area (Å²) in [6.45, 7) is 1.45. The summed E-state index contributed by atoms with van der Waals surface area (Å²) in [7, 11) is 0. The maximum Gasteiger partial charge on any atom is 0.313 e. The van der Waals surface area contributed by atoms with Crippen LogP contribution in [0.2, 0.25) is 0 Å². The Morgan fingerprint density at radius 2 is 1.79 bits per heavy atom. The summed E-state index contributed by atoms with van der Waals surface area (Å²) >= 11 is 0. The summed E-state index contributed by atoms with van der Waals surface area (Å²) in [4.78, 5) is 23.6. The number of rotatable bonds is 5. The van der Waals surface area contributed by atoms with Gasteiger partial charge in [-0.15, -0.1) is 0 Å². The van der Waals surface area contributed by atoms with Gasteiger partial charge in [-0.1, -0.05) is 36.4 Å². The van der Waals surface area contributed by atoms with Crippen LogP contribution in [0.15, 0.2) is 48.5 Å². The molecule has 126 valence electrons. The van der Waals surface area contributed by atoms with E-state index in [9.17, 15) is 19.1 Å². The number of nitrogens with one attached hydrogen (secondary N) is 2. The summed E-state index contributed by atoms with van der Waals surface area (Å²) in [5, 5.41) is 14.6. The number of carbonyl (C=O) groups is 2. The van der Waals surface area contributed by atoms with Crippen LogP contribution in [0.5, 0.6) is 0 Å². The Morgan fingerprint density at radius 1 is 1.08 bits per heavy atom. The number of hydrogen-bond acceptors (Lipinski definition) is 3. The first-order chi connectivity index (χ1) is 11.5. The molecule has 0 saturated heterocycles. The third-order valence-electron chi connectivity index (χ3n) is 3.53. The number of benzene rings is 2. The fourth-order valence-corrected chi connectivity index (χ4v) is 2.17. The van der Waals surface area contributed by atoms with E-state index in [4.69, 9.17) is 0 Å². The van der Waals surface area contributed by atoms with Gasteiger partial charge in [0.2, 0.25) is 0 Å². The van der Waals surface area contributed by atoms with E-state index in [1.54, 1.807) is 0 Å². The van der Waals surface area contributed by atoms with Crippen LogP contribution in [0.4, 0.5) is 10.1 Å². The average Bonchev–Trinajstić information content (AvgIpc) is 2.57. The molecule has 6 heteroatoms. The summed E-state index contributed by atoms with van der Waals surface area (Å²) < 4.78 is 13.4. The van der Waals surface area contributed by atoms with Crippen LogP contribution in [0.25, 0.3) is 0 Å². The largest absolute Gasteiger partial charge is 0.391 e. The highest BCUT2D eigenvalue weighted by atomic mass is 19.1. The Labute approximate surface area is 139 Å². The van der Waals surface area contributed by atoms with Gasteiger partial charge < -0.3 is 15.7 Å². The molecule has 0 aromatic heterocycles. The van der Waals surface area contributed by atoms with Gasteiger partial charge in [0.1, 0.15) is 5.82 Å². The predicted molar refractivity (Wildman–Crippen MR) is 88.9 cm³/mol. The Morgan fingerprint density at radius 3 is 2.50 bits per heavy atom. The molecule has 2 aromatic carbocycles. The molecule has 2 rings (SSSR count). The first kappa shape index (κ1) is 17.6. The van der Waals surface area contributed by atoms with E-state index in [1.807, 2.05) is 30.3 Å². The van der Waals surface area contributed by atoms with Gasteiger partial charge in [-0.2, -0.15) is 0 Å². The van der Waals surface area contributed by atoms with Crippen LogP contribution in [0, 0.1) is 12.7 Å². The smallest absolute Gasteiger partial charge is 0.313 e. The number of hydrogen-bond donors (Lipinski definition) is 3. The summed E-state index contributed by atoms with van der Waals surface area (Å²) in [5.74, 6) is -2.26. The third-order valence-corrected chi connectivity index (χ3v) is 3.53. The second kappa shape index (κ2) is 8.21. The molecule has 2 aromatic rings. The number of carbonyl (C=O) groups excluding carboxylic acids is 2. The molecule has 0 aliphatic heterocycles. The number of halogens is 1. The lowest BCUT2D eigenvalue weighted by Crippen LogP contribution is -2.40. The lowest BCUT2D eigenvalue weighted by atomic mass is 10.1. The molecular formula is C18H19FN2O3. The zero-order chi connectivity index (χ0) is 17.5. The van der Waals surface area contributed by atoms with Crippen LogP contribution in [-0.4, -0.2) is 29.6 Å². The topological polar surface area (TPSA) is 78.4 Å². The molecule has 2 amide bonds. The van der Waals surface area contributed by atoms with Gasteiger partial charge in [0.15, 0.2) is 0 Å². The molecule has 3 N–H and O–H groups in total. The minimum Gasteiger partial charge on any atom is -0.391 e. The van der Waals surface area contributed by atoms with Gasteiger partial charge in [-0.05, 0) is 24.6 Å². The predicted octanol–water partition coefficient (Wildman–Crippen LogP) is 1.79. The second-order valence-electron chi connectivity index (χ2n) is 5.42. The van der Waals surface area contributed by atoms with Crippen molar-refractivity contribution < 1.29 is 19.1 Å². The van der Waals surface area contributed by atoms with Gasteiger partial charge in [0.25, 0.3) is 0 Å². The minimum atomic E-state index is -0.907. The van der Waals surface area contributed by atoms with Crippen molar-refractivity contribution in [3.63, 3.8) is 0 Å². The van der Waals surface area contributed by atoms with E-state index in [0.29, 0.717) is 6.42 Å². The van der Waals surface area contributed by atoms with Crippen molar-refractivity contribution in [2.45, 2.75) is 19.4 Å². The Bertz CT molecular complexity index is 719. The summed E-state index contributed by atoms with van der Waals surface area (Å²) in [6.07, 6.45) is -0.439. The van der Waals surface area contributed by atoms with Crippen LogP contribution in [0.3, 0.4) is 0 Å². The summed E-state index contributed by atoms with van der Waals surface area (Å²) in [6, 6.07) is 13.5. The van der Waals surface area contributed by atoms with Crippen molar-refractivity contribution in [1.29, 1.82) is 0 Å². The van der Waals surface area contributed by atoms with E-state index in [0.717, 1.165) is 5.56 Å². The fraction of sp³-hybridized carbons (Fsp3) is 0.222. The van der Waals surface area contributed by atoms with Crippen LogP contribution < -0.4 is 10.6 Å². The zero-order valence-electron chi connectivity index (χ0n) is 13.3. The third kappa shape index (κ3) is 4.89. The van der Waals surface area contributed by atoms with Crippen molar-refractivity contribution in [1.82, 2.24) is 5.32 Å². The molecular weight excluding hydrogens is 311 g/mol. The molecule has 0 radical (unpaired) electrons. The Kier molecular flexibility index (Phi) is 6.03. The lowest BCUT2D eigenvalue weighted by Gasteiger charge is -2.12. The molecule has 0 heterocycles.